The molecule has 16 heavy (non-hydrogen) atoms. The highest BCUT2D eigenvalue weighted by atomic mass is 15.1. The second kappa shape index (κ2) is 5.68. The van der Waals surface area contributed by atoms with Crippen molar-refractivity contribution in [3.63, 3.8) is 0 Å². The summed E-state index contributed by atoms with van der Waals surface area (Å²) in [6.07, 6.45) is 1.09. The molecule has 0 atom stereocenters. The minimum atomic E-state index is 0.382. The predicted molar refractivity (Wildman–Crippen MR) is 69.0 cm³/mol. The van der Waals surface area contributed by atoms with Crippen LogP contribution in [0.4, 0.5) is 11.6 Å². The highest BCUT2D eigenvalue weighted by molar-refractivity contribution is 5.57. The number of hydrogen-bond acceptors (Lipinski definition) is 4. The highest BCUT2D eigenvalue weighted by Crippen LogP contribution is 2.20. The third kappa shape index (κ3) is 3.36. The van der Waals surface area contributed by atoms with Crippen molar-refractivity contribution in [1.82, 2.24) is 9.97 Å². The van der Waals surface area contributed by atoms with Gasteiger partial charge in [-0.05, 0) is 34.1 Å². The van der Waals surface area contributed by atoms with E-state index in [-0.39, 0.29) is 0 Å². The average Bonchev–Trinajstić information content (AvgIpc) is 2.20. The summed E-state index contributed by atoms with van der Waals surface area (Å²) in [6.45, 7) is 11.3. The first-order chi connectivity index (χ1) is 7.54. The van der Waals surface area contributed by atoms with Gasteiger partial charge in [-0.1, -0.05) is 6.92 Å². The number of hydrogen-bond donors (Lipinski definition) is 2. The van der Waals surface area contributed by atoms with Crippen LogP contribution in [0, 0.1) is 13.8 Å². The van der Waals surface area contributed by atoms with Gasteiger partial charge >= 0.3 is 0 Å². The van der Waals surface area contributed by atoms with Gasteiger partial charge in [-0.3, -0.25) is 0 Å². The van der Waals surface area contributed by atoms with Crippen molar-refractivity contribution in [3.8, 4) is 0 Å². The molecule has 4 heteroatoms. The summed E-state index contributed by atoms with van der Waals surface area (Å²) >= 11 is 0. The van der Waals surface area contributed by atoms with E-state index in [4.69, 9.17) is 0 Å². The molecule has 4 nitrogen and oxygen atoms in total. The molecule has 90 valence electrons. The summed E-state index contributed by atoms with van der Waals surface area (Å²) in [7, 11) is 0. The third-order valence-electron chi connectivity index (χ3n) is 2.23. The number of nitrogens with zero attached hydrogens (tertiary/aromatic N) is 2. The van der Waals surface area contributed by atoms with Gasteiger partial charge in [-0.15, -0.1) is 0 Å². The van der Waals surface area contributed by atoms with Crippen molar-refractivity contribution in [1.29, 1.82) is 0 Å². The van der Waals surface area contributed by atoms with Crippen LogP contribution in [0.1, 0.15) is 38.6 Å². The second-order valence-electron chi connectivity index (χ2n) is 4.32. The number of aryl methyl sites for hydroxylation is 1. The van der Waals surface area contributed by atoms with Crippen LogP contribution in [0.25, 0.3) is 0 Å². The molecule has 0 aliphatic carbocycles. The summed E-state index contributed by atoms with van der Waals surface area (Å²) in [5, 5.41) is 6.67. The van der Waals surface area contributed by atoms with Crippen LogP contribution < -0.4 is 10.6 Å². The number of nitrogens with one attached hydrogen (secondary N) is 2. The highest BCUT2D eigenvalue weighted by Gasteiger charge is 2.09. The molecule has 1 aromatic rings. The number of anilines is 2. The lowest BCUT2D eigenvalue weighted by Gasteiger charge is -2.15. The van der Waals surface area contributed by atoms with Gasteiger partial charge in [0.05, 0.1) is 0 Å². The van der Waals surface area contributed by atoms with Crippen LogP contribution in [0.5, 0.6) is 0 Å². The molecule has 0 saturated carbocycles. The zero-order valence-electron chi connectivity index (χ0n) is 10.9. The van der Waals surface area contributed by atoms with Crippen molar-refractivity contribution < 1.29 is 0 Å². The van der Waals surface area contributed by atoms with Crippen molar-refractivity contribution >= 4 is 11.6 Å². The van der Waals surface area contributed by atoms with Crippen LogP contribution in [-0.2, 0) is 0 Å². The molecule has 2 N–H and O–H groups in total. The van der Waals surface area contributed by atoms with Gasteiger partial charge in [0, 0.05) is 18.2 Å². The summed E-state index contributed by atoms with van der Waals surface area (Å²) in [5.74, 6) is 2.67. The Morgan fingerprint density at radius 2 is 1.75 bits per heavy atom. The van der Waals surface area contributed by atoms with E-state index in [0.717, 1.165) is 36.0 Å². The Bertz CT molecular complexity index is 347. The SMILES string of the molecule is CCCNc1nc(C)nc(NC(C)C)c1C. The number of rotatable bonds is 5. The first-order valence-corrected chi connectivity index (χ1v) is 5.90. The molecule has 1 aromatic heterocycles. The standard InChI is InChI=1S/C12H22N4/c1-6-7-13-11-9(4)12(14-8(2)3)16-10(5)15-11/h8H,6-7H2,1-5H3,(H2,13,14,15,16). The van der Waals surface area contributed by atoms with Crippen LogP contribution >= 0.6 is 0 Å². The molecule has 0 spiro atoms. The monoisotopic (exact) mass is 222 g/mol. The zero-order valence-corrected chi connectivity index (χ0v) is 10.9. The van der Waals surface area contributed by atoms with Gasteiger partial charge in [-0.2, -0.15) is 0 Å². The van der Waals surface area contributed by atoms with E-state index in [1.807, 2.05) is 13.8 Å². The number of aromatic nitrogens is 2. The molecule has 0 aliphatic heterocycles. The molecule has 0 unspecified atom stereocenters. The Hall–Kier alpha value is -1.32. The van der Waals surface area contributed by atoms with E-state index in [1.165, 1.54) is 0 Å². The minimum absolute atomic E-state index is 0.382. The first kappa shape index (κ1) is 12.7. The average molecular weight is 222 g/mol. The van der Waals surface area contributed by atoms with Crippen LogP contribution in [0.3, 0.4) is 0 Å². The minimum Gasteiger partial charge on any atom is -0.370 e. The molecule has 0 aliphatic rings. The van der Waals surface area contributed by atoms with Gasteiger partial charge in [0.2, 0.25) is 0 Å². The van der Waals surface area contributed by atoms with E-state index in [2.05, 4.69) is 41.4 Å². The van der Waals surface area contributed by atoms with Crippen LogP contribution in [0.15, 0.2) is 0 Å². The summed E-state index contributed by atoms with van der Waals surface area (Å²) < 4.78 is 0. The van der Waals surface area contributed by atoms with Crippen LogP contribution in [-0.4, -0.2) is 22.6 Å². The van der Waals surface area contributed by atoms with Gasteiger partial charge in [0.15, 0.2) is 0 Å². The van der Waals surface area contributed by atoms with E-state index >= 15 is 0 Å². The van der Waals surface area contributed by atoms with E-state index < -0.39 is 0 Å². The lowest BCUT2D eigenvalue weighted by atomic mass is 10.2. The van der Waals surface area contributed by atoms with Crippen LogP contribution in [0.2, 0.25) is 0 Å². The first-order valence-electron chi connectivity index (χ1n) is 5.90. The maximum Gasteiger partial charge on any atom is 0.134 e. The Morgan fingerprint density at radius 3 is 2.31 bits per heavy atom. The molecule has 1 heterocycles. The third-order valence-corrected chi connectivity index (χ3v) is 2.23. The van der Waals surface area contributed by atoms with Gasteiger partial charge < -0.3 is 10.6 Å². The van der Waals surface area contributed by atoms with E-state index in [9.17, 15) is 0 Å². The van der Waals surface area contributed by atoms with E-state index in [0.29, 0.717) is 6.04 Å². The lowest BCUT2D eigenvalue weighted by molar-refractivity contribution is 0.873. The molecule has 0 fully saturated rings. The Balaban J connectivity index is 2.95. The maximum atomic E-state index is 4.42. The molecule has 0 bridgehead atoms. The van der Waals surface area contributed by atoms with Crippen molar-refractivity contribution in [2.75, 3.05) is 17.2 Å². The quantitative estimate of drug-likeness (QED) is 0.804. The largest absolute Gasteiger partial charge is 0.370 e. The maximum absolute atomic E-state index is 4.42. The second-order valence-corrected chi connectivity index (χ2v) is 4.32. The smallest absolute Gasteiger partial charge is 0.134 e. The van der Waals surface area contributed by atoms with Gasteiger partial charge in [0.25, 0.3) is 0 Å². The van der Waals surface area contributed by atoms with Crippen molar-refractivity contribution in [3.05, 3.63) is 11.4 Å². The fraction of sp³-hybridized carbons (Fsp3) is 0.667. The van der Waals surface area contributed by atoms with Crippen molar-refractivity contribution in [2.45, 2.75) is 47.1 Å². The zero-order chi connectivity index (χ0) is 12.1. The molecule has 0 saturated heterocycles. The Kier molecular flexibility index (Phi) is 4.52. The molecule has 1 rings (SSSR count). The van der Waals surface area contributed by atoms with E-state index in [1.54, 1.807) is 0 Å². The Labute approximate surface area is 97.9 Å². The molecule has 0 radical (unpaired) electrons. The molecular formula is C12H22N4. The topological polar surface area (TPSA) is 49.8 Å². The summed E-state index contributed by atoms with van der Waals surface area (Å²) in [4.78, 5) is 8.84. The fourth-order valence-corrected chi connectivity index (χ4v) is 1.46. The normalized spacial score (nSPS) is 10.6. The van der Waals surface area contributed by atoms with Gasteiger partial charge in [-0.25, -0.2) is 9.97 Å². The molecule has 0 amide bonds. The molecule has 0 aromatic carbocycles. The fourth-order valence-electron chi connectivity index (χ4n) is 1.46. The molecular weight excluding hydrogens is 200 g/mol. The summed E-state index contributed by atoms with van der Waals surface area (Å²) in [5.41, 5.74) is 1.09. The Morgan fingerprint density at radius 1 is 1.12 bits per heavy atom. The van der Waals surface area contributed by atoms with Gasteiger partial charge in [0.1, 0.15) is 17.5 Å². The summed E-state index contributed by atoms with van der Waals surface area (Å²) in [6, 6.07) is 0.382. The van der Waals surface area contributed by atoms with Crippen molar-refractivity contribution in [2.24, 2.45) is 0 Å². The lowest BCUT2D eigenvalue weighted by Crippen LogP contribution is -2.15. The predicted octanol–water partition coefficient (Wildman–Crippen LogP) is 2.74.